The molecule has 2 rings (SSSR count). The van der Waals surface area contributed by atoms with Crippen LogP contribution < -0.4 is 10.1 Å². The number of alkyl halides is 3. The SMILES string of the molecule is CCC(=O)Oc1c(C)cccc1C(=O)Nc1nc(C(F)(F)F)cs1. The van der Waals surface area contributed by atoms with Crippen molar-refractivity contribution in [1.29, 1.82) is 0 Å². The number of para-hydroxylation sites is 1. The standard InChI is InChI=1S/C15H13F3N2O3S/c1-3-11(21)23-12-8(2)5-4-6-9(12)13(22)20-14-19-10(7-24-14)15(16,17)18/h4-7H,3H2,1-2H3,(H,19,20,22). The minimum Gasteiger partial charge on any atom is -0.425 e. The molecule has 1 N–H and O–H groups in total. The van der Waals surface area contributed by atoms with E-state index in [2.05, 4.69) is 10.3 Å². The third-order valence-corrected chi connectivity index (χ3v) is 3.73. The number of amides is 1. The topological polar surface area (TPSA) is 68.3 Å². The summed E-state index contributed by atoms with van der Waals surface area (Å²) in [7, 11) is 0. The van der Waals surface area contributed by atoms with E-state index in [4.69, 9.17) is 4.74 Å². The van der Waals surface area contributed by atoms with Gasteiger partial charge in [0.1, 0.15) is 5.75 Å². The number of aryl methyl sites for hydroxylation is 1. The molecule has 1 heterocycles. The van der Waals surface area contributed by atoms with Crippen LogP contribution in [0.1, 0.15) is 35.0 Å². The lowest BCUT2D eigenvalue weighted by molar-refractivity contribution is -0.140. The van der Waals surface area contributed by atoms with E-state index in [0.29, 0.717) is 16.9 Å². The third kappa shape index (κ3) is 4.10. The average molecular weight is 358 g/mol. The van der Waals surface area contributed by atoms with Gasteiger partial charge in [0.05, 0.1) is 5.56 Å². The zero-order chi connectivity index (χ0) is 17.9. The number of aromatic nitrogens is 1. The first-order chi connectivity index (χ1) is 11.2. The number of benzene rings is 1. The highest BCUT2D eigenvalue weighted by atomic mass is 32.1. The van der Waals surface area contributed by atoms with Crippen LogP contribution in [-0.4, -0.2) is 16.9 Å². The van der Waals surface area contributed by atoms with Gasteiger partial charge < -0.3 is 4.74 Å². The van der Waals surface area contributed by atoms with Gasteiger partial charge in [0.15, 0.2) is 10.8 Å². The fraction of sp³-hybridized carbons (Fsp3) is 0.267. The van der Waals surface area contributed by atoms with Gasteiger partial charge in [0, 0.05) is 11.8 Å². The van der Waals surface area contributed by atoms with Crippen LogP contribution in [0.25, 0.3) is 0 Å². The maximum atomic E-state index is 12.5. The Balaban J connectivity index is 2.25. The molecule has 1 aromatic heterocycles. The molecular weight excluding hydrogens is 345 g/mol. The minimum absolute atomic E-state index is 0.0422. The van der Waals surface area contributed by atoms with Gasteiger partial charge in [-0.1, -0.05) is 19.1 Å². The summed E-state index contributed by atoms with van der Waals surface area (Å²) >= 11 is 0.657. The summed E-state index contributed by atoms with van der Waals surface area (Å²) in [6, 6.07) is 4.65. The number of rotatable bonds is 4. The second-order valence-corrected chi connectivity index (χ2v) is 5.63. The summed E-state index contributed by atoms with van der Waals surface area (Å²) < 4.78 is 42.8. The monoisotopic (exact) mass is 358 g/mol. The number of carbonyl (C=O) groups excluding carboxylic acids is 2. The number of carbonyl (C=O) groups is 2. The zero-order valence-corrected chi connectivity index (χ0v) is 13.5. The Kier molecular flexibility index (Phi) is 5.23. The smallest absolute Gasteiger partial charge is 0.425 e. The molecule has 0 spiro atoms. The highest BCUT2D eigenvalue weighted by Gasteiger charge is 2.34. The number of nitrogens with one attached hydrogen (secondary N) is 1. The summed E-state index contributed by atoms with van der Waals surface area (Å²) in [6.07, 6.45) is -4.46. The van der Waals surface area contributed by atoms with E-state index in [1.165, 1.54) is 6.07 Å². The number of thiazole rings is 1. The van der Waals surface area contributed by atoms with Gasteiger partial charge in [-0.15, -0.1) is 11.3 Å². The predicted octanol–water partition coefficient (Wildman–Crippen LogP) is 4.04. The molecule has 0 radical (unpaired) electrons. The first-order valence-electron chi connectivity index (χ1n) is 6.86. The van der Waals surface area contributed by atoms with Crippen molar-refractivity contribution >= 4 is 28.3 Å². The van der Waals surface area contributed by atoms with E-state index < -0.39 is 23.7 Å². The molecular formula is C15H13F3N2O3S. The van der Waals surface area contributed by atoms with Crippen LogP contribution in [0.15, 0.2) is 23.6 Å². The lowest BCUT2D eigenvalue weighted by Crippen LogP contribution is -2.16. The van der Waals surface area contributed by atoms with Crippen LogP contribution in [0.4, 0.5) is 18.3 Å². The normalized spacial score (nSPS) is 11.2. The van der Waals surface area contributed by atoms with Gasteiger partial charge >= 0.3 is 12.1 Å². The molecule has 24 heavy (non-hydrogen) atoms. The number of anilines is 1. The predicted molar refractivity (Wildman–Crippen MR) is 82.2 cm³/mol. The second kappa shape index (κ2) is 7.00. The van der Waals surface area contributed by atoms with Gasteiger partial charge in [-0.2, -0.15) is 13.2 Å². The van der Waals surface area contributed by atoms with Crippen molar-refractivity contribution in [2.45, 2.75) is 26.4 Å². The number of esters is 1. The Bertz CT molecular complexity index is 772. The lowest BCUT2D eigenvalue weighted by Gasteiger charge is -2.11. The van der Waals surface area contributed by atoms with E-state index in [9.17, 15) is 22.8 Å². The zero-order valence-electron chi connectivity index (χ0n) is 12.7. The molecule has 128 valence electrons. The first kappa shape index (κ1) is 17.9. The van der Waals surface area contributed by atoms with Crippen LogP contribution in [0.5, 0.6) is 5.75 Å². The Hall–Kier alpha value is -2.42. The van der Waals surface area contributed by atoms with Crippen LogP contribution in [-0.2, 0) is 11.0 Å². The fourth-order valence-corrected chi connectivity index (χ4v) is 2.49. The molecule has 0 bridgehead atoms. The van der Waals surface area contributed by atoms with E-state index in [1.807, 2.05) is 0 Å². The maximum Gasteiger partial charge on any atom is 0.434 e. The lowest BCUT2D eigenvalue weighted by atomic mass is 10.1. The quantitative estimate of drug-likeness (QED) is 0.662. The molecule has 0 saturated carbocycles. The van der Waals surface area contributed by atoms with E-state index in [1.54, 1.807) is 26.0 Å². The fourth-order valence-electron chi connectivity index (χ4n) is 1.78. The van der Waals surface area contributed by atoms with Crippen molar-refractivity contribution in [3.8, 4) is 5.75 Å². The van der Waals surface area contributed by atoms with Gasteiger partial charge in [0.25, 0.3) is 5.91 Å². The summed E-state index contributed by atoms with van der Waals surface area (Å²) in [5, 5.41) is 2.90. The van der Waals surface area contributed by atoms with Crippen molar-refractivity contribution in [2.24, 2.45) is 0 Å². The van der Waals surface area contributed by atoms with E-state index >= 15 is 0 Å². The molecule has 0 atom stereocenters. The highest BCUT2D eigenvalue weighted by Crippen LogP contribution is 2.32. The largest absolute Gasteiger partial charge is 0.434 e. The molecule has 5 nitrogen and oxygen atoms in total. The van der Waals surface area contributed by atoms with Crippen molar-refractivity contribution < 1.29 is 27.5 Å². The van der Waals surface area contributed by atoms with Crippen molar-refractivity contribution in [3.63, 3.8) is 0 Å². The summed E-state index contributed by atoms with van der Waals surface area (Å²) in [5.74, 6) is -1.15. The van der Waals surface area contributed by atoms with Crippen molar-refractivity contribution in [1.82, 2.24) is 4.98 Å². The Morgan fingerprint density at radius 2 is 2.04 bits per heavy atom. The molecule has 0 fully saturated rings. The third-order valence-electron chi connectivity index (χ3n) is 2.98. The van der Waals surface area contributed by atoms with E-state index in [0.717, 1.165) is 5.38 Å². The van der Waals surface area contributed by atoms with E-state index in [-0.39, 0.29) is 22.9 Å². The molecule has 0 saturated heterocycles. The number of hydrogen-bond donors (Lipinski definition) is 1. The number of nitrogens with zero attached hydrogens (tertiary/aromatic N) is 1. The summed E-state index contributed by atoms with van der Waals surface area (Å²) in [6.45, 7) is 3.26. The van der Waals surface area contributed by atoms with Gasteiger partial charge in [-0.3, -0.25) is 14.9 Å². The minimum atomic E-state index is -4.58. The van der Waals surface area contributed by atoms with Crippen LogP contribution >= 0.6 is 11.3 Å². The molecule has 0 aliphatic heterocycles. The summed E-state index contributed by atoms with van der Waals surface area (Å²) in [5.41, 5.74) is -0.482. The number of hydrogen-bond acceptors (Lipinski definition) is 5. The van der Waals surface area contributed by atoms with Crippen molar-refractivity contribution in [3.05, 3.63) is 40.4 Å². The molecule has 9 heteroatoms. The molecule has 0 unspecified atom stereocenters. The van der Waals surface area contributed by atoms with Crippen LogP contribution in [0, 0.1) is 6.92 Å². The van der Waals surface area contributed by atoms with Gasteiger partial charge in [0.2, 0.25) is 0 Å². The van der Waals surface area contributed by atoms with Crippen molar-refractivity contribution in [2.75, 3.05) is 5.32 Å². The first-order valence-corrected chi connectivity index (χ1v) is 7.74. The molecule has 1 aromatic carbocycles. The number of ether oxygens (including phenoxy) is 1. The summed E-state index contributed by atoms with van der Waals surface area (Å²) in [4.78, 5) is 27.1. The highest BCUT2D eigenvalue weighted by molar-refractivity contribution is 7.14. The molecule has 2 aromatic rings. The number of halogens is 3. The maximum absolute atomic E-state index is 12.5. The molecule has 1 amide bonds. The van der Waals surface area contributed by atoms with Crippen LogP contribution in [0.3, 0.4) is 0 Å². The second-order valence-electron chi connectivity index (χ2n) is 4.77. The average Bonchev–Trinajstić information content (AvgIpc) is 2.97. The molecule has 0 aliphatic rings. The Morgan fingerprint density at radius 1 is 1.33 bits per heavy atom. The molecule has 0 aliphatic carbocycles. The Labute approximate surface area is 139 Å². The van der Waals surface area contributed by atoms with Gasteiger partial charge in [-0.05, 0) is 18.6 Å². The van der Waals surface area contributed by atoms with Gasteiger partial charge in [-0.25, -0.2) is 4.98 Å². The van der Waals surface area contributed by atoms with Crippen LogP contribution in [0.2, 0.25) is 0 Å². The Morgan fingerprint density at radius 3 is 2.62 bits per heavy atom.